The van der Waals surface area contributed by atoms with E-state index in [1.807, 2.05) is 42.5 Å². The maximum absolute atomic E-state index is 13.2. The minimum absolute atomic E-state index is 0.0377. The third-order valence-electron chi connectivity index (χ3n) is 5.96. The molecule has 1 spiro atoms. The van der Waals surface area contributed by atoms with Crippen molar-refractivity contribution in [1.29, 1.82) is 0 Å². The lowest BCUT2D eigenvalue weighted by molar-refractivity contribution is -0.136. The Morgan fingerprint density at radius 3 is 2.59 bits per heavy atom. The van der Waals surface area contributed by atoms with Gasteiger partial charge in [-0.15, -0.1) is 0 Å². The van der Waals surface area contributed by atoms with Crippen LogP contribution in [0.3, 0.4) is 0 Å². The Morgan fingerprint density at radius 1 is 1.14 bits per heavy atom. The molecule has 152 valence electrons. The van der Waals surface area contributed by atoms with E-state index in [2.05, 4.69) is 31.4 Å². The third-order valence-corrected chi connectivity index (χ3v) is 5.96. The zero-order chi connectivity index (χ0) is 20.8. The van der Waals surface area contributed by atoms with Gasteiger partial charge in [0.15, 0.2) is 0 Å². The van der Waals surface area contributed by atoms with Crippen LogP contribution in [0.5, 0.6) is 0 Å². The first-order chi connectivity index (χ1) is 13.7. The Kier molecular flexibility index (Phi) is 4.60. The van der Waals surface area contributed by atoms with Gasteiger partial charge in [0.2, 0.25) is 5.91 Å². The zero-order valence-electron chi connectivity index (χ0n) is 17.1. The molecular formula is C23H27N3O3. The van der Waals surface area contributed by atoms with Crippen molar-refractivity contribution in [3.63, 3.8) is 0 Å². The van der Waals surface area contributed by atoms with Gasteiger partial charge in [0.1, 0.15) is 12.1 Å². The van der Waals surface area contributed by atoms with Crippen molar-refractivity contribution >= 4 is 34.3 Å². The largest absolute Gasteiger partial charge is 0.325 e. The quantitative estimate of drug-likeness (QED) is 0.776. The van der Waals surface area contributed by atoms with Crippen LogP contribution in [-0.4, -0.2) is 34.8 Å². The number of rotatable bonds is 3. The SMILES string of the molecule is C[C@H]1CC(C)(C)C[C@@]2(C1)NC(=O)N(CC(=O)Nc1ccc3ccccc3c1)C2=O. The number of hydrogen-bond donors (Lipinski definition) is 2. The number of urea groups is 1. The molecule has 6 heteroatoms. The second-order valence-electron chi connectivity index (χ2n) is 9.37. The summed E-state index contributed by atoms with van der Waals surface area (Å²) in [7, 11) is 0. The molecule has 1 aliphatic heterocycles. The first-order valence-electron chi connectivity index (χ1n) is 10.1. The summed E-state index contributed by atoms with van der Waals surface area (Å²) in [6.07, 6.45) is 2.22. The molecule has 0 unspecified atom stereocenters. The molecule has 4 amide bonds. The number of nitrogens with one attached hydrogen (secondary N) is 2. The molecule has 1 heterocycles. The molecule has 0 aromatic heterocycles. The van der Waals surface area contributed by atoms with Crippen molar-refractivity contribution in [2.24, 2.45) is 11.3 Å². The highest BCUT2D eigenvalue weighted by Crippen LogP contribution is 2.46. The minimum atomic E-state index is -0.887. The highest BCUT2D eigenvalue weighted by atomic mass is 16.2. The Morgan fingerprint density at radius 2 is 1.86 bits per heavy atom. The lowest BCUT2D eigenvalue weighted by Crippen LogP contribution is -2.54. The smallest absolute Gasteiger partial charge is 0.325 e. The van der Waals surface area contributed by atoms with Crippen molar-refractivity contribution in [3.05, 3.63) is 42.5 Å². The van der Waals surface area contributed by atoms with Gasteiger partial charge < -0.3 is 10.6 Å². The third kappa shape index (κ3) is 3.71. The van der Waals surface area contributed by atoms with Gasteiger partial charge in [0.05, 0.1) is 0 Å². The van der Waals surface area contributed by atoms with Gasteiger partial charge in [-0.25, -0.2) is 4.79 Å². The Labute approximate surface area is 170 Å². The average molecular weight is 393 g/mol. The van der Waals surface area contributed by atoms with Gasteiger partial charge in [0.25, 0.3) is 5.91 Å². The summed E-state index contributed by atoms with van der Waals surface area (Å²) < 4.78 is 0. The number of hydrogen-bond acceptors (Lipinski definition) is 3. The van der Waals surface area contributed by atoms with Crippen LogP contribution in [0.4, 0.5) is 10.5 Å². The van der Waals surface area contributed by atoms with E-state index in [9.17, 15) is 14.4 Å². The number of fused-ring (bicyclic) bond motifs is 1. The predicted octanol–water partition coefficient (Wildman–Crippen LogP) is 3.92. The summed E-state index contributed by atoms with van der Waals surface area (Å²) in [5, 5.41) is 7.80. The maximum atomic E-state index is 13.2. The summed E-state index contributed by atoms with van der Waals surface area (Å²) in [6.45, 7) is 6.07. The molecule has 0 bridgehead atoms. The van der Waals surface area contributed by atoms with Crippen LogP contribution < -0.4 is 10.6 Å². The molecule has 2 fully saturated rings. The normalized spacial score (nSPS) is 26.0. The fourth-order valence-corrected chi connectivity index (χ4v) is 5.26. The first-order valence-corrected chi connectivity index (χ1v) is 10.1. The molecule has 1 saturated carbocycles. The van der Waals surface area contributed by atoms with E-state index in [4.69, 9.17) is 0 Å². The number of anilines is 1. The molecule has 29 heavy (non-hydrogen) atoms. The topological polar surface area (TPSA) is 78.5 Å². The highest BCUT2D eigenvalue weighted by molar-refractivity contribution is 6.10. The van der Waals surface area contributed by atoms with Crippen LogP contribution in [0.2, 0.25) is 0 Å². The van der Waals surface area contributed by atoms with Crippen LogP contribution in [0, 0.1) is 11.3 Å². The molecule has 2 aromatic rings. The molecule has 4 rings (SSSR count). The van der Waals surface area contributed by atoms with Gasteiger partial charge in [-0.3, -0.25) is 14.5 Å². The van der Waals surface area contributed by atoms with Crippen molar-refractivity contribution in [2.45, 2.75) is 45.6 Å². The number of nitrogens with zero attached hydrogens (tertiary/aromatic N) is 1. The van der Waals surface area contributed by atoms with Crippen LogP contribution in [0.1, 0.15) is 40.0 Å². The summed E-state index contributed by atoms with van der Waals surface area (Å²) in [5.74, 6) is -0.339. The van der Waals surface area contributed by atoms with Gasteiger partial charge in [-0.2, -0.15) is 0 Å². The molecule has 6 nitrogen and oxygen atoms in total. The number of carbonyl (C=O) groups is 3. The second kappa shape index (κ2) is 6.87. The summed E-state index contributed by atoms with van der Waals surface area (Å²) in [5.41, 5.74) is -0.284. The Hall–Kier alpha value is -2.89. The number of carbonyl (C=O) groups excluding carboxylic acids is 3. The van der Waals surface area contributed by atoms with E-state index in [-0.39, 0.29) is 23.8 Å². The highest BCUT2D eigenvalue weighted by Gasteiger charge is 2.56. The van der Waals surface area contributed by atoms with Crippen molar-refractivity contribution in [1.82, 2.24) is 10.2 Å². The summed E-state index contributed by atoms with van der Waals surface area (Å²) >= 11 is 0. The standard InChI is InChI=1S/C23H27N3O3/c1-15-11-22(2,3)14-23(12-15)20(28)26(21(29)25-23)13-19(27)24-18-9-8-16-6-4-5-7-17(16)10-18/h4-10,15H,11-14H2,1-3H3,(H,24,27)(H,25,29)/t15-,23+/m0/s1. The van der Waals surface area contributed by atoms with Crippen LogP contribution >= 0.6 is 0 Å². The van der Waals surface area contributed by atoms with E-state index >= 15 is 0 Å². The second-order valence-corrected chi connectivity index (χ2v) is 9.37. The number of imide groups is 1. The average Bonchev–Trinajstić information content (AvgIpc) is 2.83. The molecule has 1 saturated heterocycles. The van der Waals surface area contributed by atoms with Gasteiger partial charge in [0, 0.05) is 5.69 Å². The Bertz CT molecular complexity index is 1000. The lowest BCUT2D eigenvalue weighted by atomic mass is 9.64. The predicted molar refractivity (Wildman–Crippen MR) is 112 cm³/mol. The molecule has 0 radical (unpaired) electrons. The van der Waals surface area contributed by atoms with Crippen LogP contribution in [-0.2, 0) is 9.59 Å². The van der Waals surface area contributed by atoms with Gasteiger partial charge in [-0.1, -0.05) is 51.1 Å². The molecule has 1 aliphatic carbocycles. The number of amides is 4. The molecule has 2 N–H and O–H groups in total. The van der Waals surface area contributed by atoms with E-state index in [0.29, 0.717) is 24.4 Å². The summed E-state index contributed by atoms with van der Waals surface area (Å²) in [4.78, 5) is 39.3. The van der Waals surface area contributed by atoms with E-state index < -0.39 is 11.6 Å². The molecule has 2 atom stereocenters. The minimum Gasteiger partial charge on any atom is -0.325 e. The van der Waals surface area contributed by atoms with E-state index in [1.54, 1.807) is 0 Å². The van der Waals surface area contributed by atoms with Gasteiger partial charge in [-0.05, 0) is 53.5 Å². The van der Waals surface area contributed by atoms with Crippen LogP contribution in [0.15, 0.2) is 42.5 Å². The van der Waals surface area contributed by atoms with E-state index in [0.717, 1.165) is 22.1 Å². The molecule has 2 aromatic carbocycles. The maximum Gasteiger partial charge on any atom is 0.325 e. The fourth-order valence-electron chi connectivity index (χ4n) is 5.26. The van der Waals surface area contributed by atoms with E-state index in [1.165, 1.54) is 0 Å². The first kappa shape index (κ1) is 19.4. The molecular weight excluding hydrogens is 366 g/mol. The van der Waals surface area contributed by atoms with Crippen molar-refractivity contribution < 1.29 is 14.4 Å². The lowest BCUT2D eigenvalue weighted by Gasteiger charge is -2.43. The fraction of sp³-hybridized carbons (Fsp3) is 0.435. The monoisotopic (exact) mass is 393 g/mol. The van der Waals surface area contributed by atoms with Crippen LogP contribution in [0.25, 0.3) is 10.8 Å². The number of benzene rings is 2. The van der Waals surface area contributed by atoms with Gasteiger partial charge >= 0.3 is 6.03 Å². The Balaban J connectivity index is 1.48. The van der Waals surface area contributed by atoms with Crippen molar-refractivity contribution in [2.75, 3.05) is 11.9 Å². The zero-order valence-corrected chi connectivity index (χ0v) is 17.1. The molecule has 2 aliphatic rings. The summed E-state index contributed by atoms with van der Waals surface area (Å²) in [6, 6.07) is 13.0. The van der Waals surface area contributed by atoms with Crippen molar-refractivity contribution in [3.8, 4) is 0 Å².